The first-order chi connectivity index (χ1) is 8.66. The SMILES string of the molecule is C=C(C)C(=O)OCCCCCC(C(=O)O)[N+](C)(C)C. The minimum Gasteiger partial charge on any atom is -0.477 e. The van der Waals surface area contributed by atoms with E-state index in [4.69, 9.17) is 9.84 Å². The third-order valence-corrected chi connectivity index (χ3v) is 2.92. The fourth-order valence-corrected chi connectivity index (χ4v) is 1.75. The van der Waals surface area contributed by atoms with Crippen LogP contribution in [-0.2, 0) is 14.3 Å². The molecular weight excluding hydrogens is 246 g/mol. The first kappa shape index (κ1) is 17.6. The van der Waals surface area contributed by atoms with Crippen molar-refractivity contribution < 1.29 is 23.9 Å². The summed E-state index contributed by atoms with van der Waals surface area (Å²) in [5.74, 6) is -1.13. The quantitative estimate of drug-likeness (QED) is 0.301. The van der Waals surface area contributed by atoms with Gasteiger partial charge in [-0.15, -0.1) is 0 Å². The molecule has 0 aliphatic heterocycles. The summed E-state index contributed by atoms with van der Waals surface area (Å²) >= 11 is 0. The molecule has 110 valence electrons. The van der Waals surface area contributed by atoms with E-state index in [2.05, 4.69) is 6.58 Å². The maximum absolute atomic E-state index is 11.1. The molecule has 0 spiro atoms. The molecule has 1 unspecified atom stereocenters. The summed E-state index contributed by atoms with van der Waals surface area (Å²) in [6.45, 7) is 5.48. The van der Waals surface area contributed by atoms with Crippen molar-refractivity contribution in [2.45, 2.75) is 38.6 Å². The Morgan fingerprint density at radius 2 is 1.79 bits per heavy atom. The van der Waals surface area contributed by atoms with Crippen molar-refractivity contribution in [2.75, 3.05) is 27.7 Å². The molecule has 0 aromatic rings. The van der Waals surface area contributed by atoms with Crippen LogP contribution in [0.1, 0.15) is 32.6 Å². The van der Waals surface area contributed by atoms with E-state index in [0.717, 1.165) is 19.3 Å². The number of likely N-dealkylation sites (N-methyl/N-ethyl adjacent to an activating group) is 1. The molecular formula is C14H26NO4+. The van der Waals surface area contributed by atoms with Crippen LogP contribution in [0.25, 0.3) is 0 Å². The molecule has 0 aliphatic carbocycles. The van der Waals surface area contributed by atoms with E-state index in [0.29, 0.717) is 23.1 Å². The van der Waals surface area contributed by atoms with E-state index < -0.39 is 12.0 Å². The molecule has 0 bridgehead atoms. The number of esters is 1. The van der Waals surface area contributed by atoms with Gasteiger partial charge in [-0.05, 0) is 26.2 Å². The second-order valence-corrected chi connectivity index (χ2v) is 5.74. The Bertz CT molecular complexity index is 331. The highest BCUT2D eigenvalue weighted by molar-refractivity contribution is 5.86. The van der Waals surface area contributed by atoms with E-state index in [1.807, 2.05) is 21.1 Å². The standard InChI is InChI=1S/C14H25NO4/c1-11(2)14(18)19-10-8-6-7-9-12(13(16)17)15(3,4)5/h12H,1,6-10H2,2-5H3/p+1. The molecule has 0 amide bonds. The summed E-state index contributed by atoms with van der Waals surface area (Å²) < 4.78 is 5.38. The summed E-state index contributed by atoms with van der Waals surface area (Å²) in [5, 5.41) is 9.15. The van der Waals surface area contributed by atoms with E-state index in [1.165, 1.54) is 0 Å². The summed E-state index contributed by atoms with van der Waals surface area (Å²) in [6.07, 6.45) is 3.06. The van der Waals surface area contributed by atoms with Crippen LogP contribution in [0.2, 0.25) is 0 Å². The van der Waals surface area contributed by atoms with Gasteiger partial charge < -0.3 is 14.3 Å². The Kier molecular flexibility index (Phi) is 7.37. The second kappa shape index (κ2) is 7.94. The minimum atomic E-state index is -0.763. The van der Waals surface area contributed by atoms with Gasteiger partial charge in [0, 0.05) is 12.0 Å². The van der Waals surface area contributed by atoms with Gasteiger partial charge in [0.15, 0.2) is 6.04 Å². The summed E-state index contributed by atoms with van der Waals surface area (Å²) in [5.41, 5.74) is 0.399. The van der Waals surface area contributed by atoms with Crippen LogP contribution in [0.5, 0.6) is 0 Å². The number of ether oxygens (including phenoxy) is 1. The van der Waals surface area contributed by atoms with Gasteiger partial charge in [-0.3, -0.25) is 0 Å². The minimum absolute atomic E-state index is 0.366. The molecule has 1 N–H and O–H groups in total. The normalized spacial score (nSPS) is 12.8. The zero-order chi connectivity index (χ0) is 15.1. The lowest BCUT2D eigenvalue weighted by atomic mass is 10.1. The number of hydrogen-bond acceptors (Lipinski definition) is 3. The fourth-order valence-electron chi connectivity index (χ4n) is 1.75. The third kappa shape index (κ3) is 7.62. The van der Waals surface area contributed by atoms with Crippen LogP contribution >= 0.6 is 0 Å². The zero-order valence-corrected chi connectivity index (χ0v) is 12.4. The van der Waals surface area contributed by atoms with Gasteiger partial charge >= 0.3 is 11.9 Å². The van der Waals surface area contributed by atoms with Gasteiger partial charge in [0.1, 0.15) is 0 Å². The number of quaternary nitrogens is 1. The Morgan fingerprint density at radius 3 is 2.21 bits per heavy atom. The molecule has 0 heterocycles. The van der Waals surface area contributed by atoms with Crippen molar-refractivity contribution in [3.8, 4) is 0 Å². The molecule has 0 aromatic heterocycles. The van der Waals surface area contributed by atoms with Crippen LogP contribution in [0.4, 0.5) is 0 Å². The second-order valence-electron chi connectivity index (χ2n) is 5.74. The molecule has 0 aromatic carbocycles. The van der Waals surface area contributed by atoms with Crippen molar-refractivity contribution in [3.05, 3.63) is 12.2 Å². The summed E-state index contributed by atoms with van der Waals surface area (Å²) in [6, 6.07) is -0.391. The molecule has 0 aliphatic rings. The van der Waals surface area contributed by atoms with Crippen molar-refractivity contribution in [1.82, 2.24) is 0 Å². The number of unbranched alkanes of at least 4 members (excludes halogenated alkanes) is 2. The van der Waals surface area contributed by atoms with Gasteiger partial charge in [0.2, 0.25) is 0 Å². The van der Waals surface area contributed by atoms with Crippen molar-refractivity contribution in [2.24, 2.45) is 0 Å². The highest BCUT2D eigenvalue weighted by Crippen LogP contribution is 2.13. The molecule has 0 saturated carbocycles. The van der Waals surface area contributed by atoms with Gasteiger partial charge in [0.25, 0.3) is 0 Å². The molecule has 5 heteroatoms. The predicted molar refractivity (Wildman–Crippen MR) is 73.7 cm³/mol. The number of carboxylic acid groups (broad SMARTS) is 1. The van der Waals surface area contributed by atoms with Crippen LogP contribution in [0.15, 0.2) is 12.2 Å². The predicted octanol–water partition coefficient (Wildman–Crippen LogP) is 1.83. The third-order valence-electron chi connectivity index (χ3n) is 2.92. The van der Waals surface area contributed by atoms with Crippen LogP contribution in [-0.4, -0.2) is 55.3 Å². The fraction of sp³-hybridized carbons (Fsp3) is 0.714. The molecule has 0 fully saturated rings. The average molecular weight is 272 g/mol. The first-order valence-corrected chi connectivity index (χ1v) is 6.52. The number of hydrogen-bond donors (Lipinski definition) is 1. The number of aliphatic carboxylic acids is 1. The molecule has 1 atom stereocenters. The van der Waals surface area contributed by atoms with Crippen LogP contribution in [0.3, 0.4) is 0 Å². The molecule has 0 rings (SSSR count). The monoisotopic (exact) mass is 272 g/mol. The number of carbonyl (C=O) groups is 2. The van der Waals surface area contributed by atoms with Crippen LogP contribution < -0.4 is 0 Å². The average Bonchev–Trinajstić information content (AvgIpc) is 2.24. The van der Waals surface area contributed by atoms with E-state index >= 15 is 0 Å². The molecule has 0 saturated heterocycles. The topological polar surface area (TPSA) is 63.6 Å². The Hall–Kier alpha value is -1.36. The number of nitrogens with zero attached hydrogens (tertiary/aromatic N) is 1. The highest BCUT2D eigenvalue weighted by Gasteiger charge is 2.30. The smallest absolute Gasteiger partial charge is 0.362 e. The van der Waals surface area contributed by atoms with Gasteiger partial charge in [0.05, 0.1) is 27.7 Å². The summed E-state index contributed by atoms with van der Waals surface area (Å²) in [4.78, 5) is 22.2. The Morgan fingerprint density at radius 1 is 1.21 bits per heavy atom. The van der Waals surface area contributed by atoms with E-state index in [-0.39, 0.29) is 5.97 Å². The molecule has 19 heavy (non-hydrogen) atoms. The van der Waals surface area contributed by atoms with Gasteiger partial charge in [-0.2, -0.15) is 0 Å². The lowest BCUT2D eigenvalue weighted by molar-refractivity contribution is -0.887. The maximum atomic E-state index is 11.1. The molecule has 0 radical (unpaired) electrons. The number of rotatable bonds is 9. The van der Waals surface area contributed by atoms with Crippen molar-refractivity contribution in [3.63, 3.8) is 0 Å². The van der Waals surface area contributed by atoms with E-state index in [9.17, 15) is 9.59 Å². The first-order valence-electron chi connectivity index (χ1n) is 6.52. The highest BCUT2D eigenvalue weighted by atomic mass is 16.5. The van der Waals surface area contributed by atoms with Crippen LogP contribution in [0, 0.1) is 0 Å². The van der Waals surface area contributed by atoms with Crippen molar-refractivity contribution >= 4 is 11.9 Å². The Labute approximate surface area is 115 Å². The lowest BCUT2D eigenvalue weighted by Gasteiger charge is -2.31. The lowest BCUT2D eigenvalue weighted by Crippen LogP contribution is -2.49. The number of carboxylic acids is 1. The summed E-state index contributed by atoms with van der Waals surface area (Å²) in [7, 11) is 5.65. The van der Waals surface area contributed by atoms with Crippen molar-refractivity contribution in [1.29, 1.82) is 0 Å². The van der Waals surface area contributed by atoms with Gasteiger partial charge in [-0.1, -0.05) is 6.58 Å². The number of carbonyl (C=O) groups excluding carboxylic acids is 1. The van der Waals surface area contributed by atoms with Gasteiger partial charge in [-0.25, -0.2) is 9.59 Å². The Balaban J connectivity index is 3.82. The largest absolute Gasteiger partial charge is 0.477 e. The molecule has 5 nitrogen and oxygen atoms in total. The zero-order valence-electron chi connectivity index (χ0n) is 12.4. The maximum Gasteiger partial charge on any atom is 0.362 e. The van der Waals surface area contributed by atoms with E-state index in [1.54, 1.807) is 6.92 Å².